The summed E-state index contributed by atoms with van der Waals surface area (Å²) in [5, 5.41) is 22.6. The molecule has 1 saturated heterocycles. The Morgan fingerprint density at radius 3 is 2.83 bits per heavy atom. The molecule has 1 atom stereocenters. The fraction of sp³-hybridized carbons (Fsp3) is 0.545. The van der Waals surface area contributed by atoms with E-state index in [4.69, 9.17) is 11.6 Å². The molecule has 0 spiro atoms. The van der Waals surface area contributed by atoms with Gasteiger partial charge in [-0.05, 0) is 50.6 Å². The van der Waals surface area contributed by atoms with Gasteiger partial charge in [-0.15, -0.1) is 10.2 Å². The lowest BCUT2D eigenvalue weighted by atomic mass is 10.1. The first-order valence-corrected chi connectivity index (χ1v) is 13.5. The zero-order valence-electron chi connectivity index (χ0n) is 18.9. The molecule has 6 rings (SSSR count). The van der Waals surface area contributed by atoms with Gasteiger partial charge in [0.2, 0.25) is 0 Å². The number of aromatic nitrogens is 4. The zero-order chi connectivity index (χ0) is 24.4. The highest BCUT2D eigenvalue weighted by atomic mass is 35.5. The molecule has 0 radical (unpaired) electrons. The lowest BCUT2D eigenvalue weighted by Gasteiger charge is -2.35. The molecule has 1 aliphatic heterocycles. The fourth-order valence-electron chi connectivity index (χ4n) is 4.22. The number of fused-ring (bicyclic) bond motifs is 1. The van der Waals surface area contributed by atoms with Crippen molar-refractivity contribution in [1.29, 1.82) is 5.26 Å². The van der Waals surface area contributed by atoms with Gasteiger partial charge in [0, 0.05) is 36.3 Å². The van der Waals surface area contributed by atoms with Crippen molar-refractivity contribution in [2.24, 2.45) is 0 Å². The van der Waals surface area contributed by atoms with E-state index in [0.29, 0.717) is 34.4 Å². The van der Waals surface area contributed by atoms with Crippen LogP contribution in [0.1, 0.15) is 37.6 Å². The Hall–Kier alpha value is -2.04. The van der Waals surface area contributed by atoms with Crippen LogP contribution in [0.4, 0.5) is 14.5 Å². The average Bonchev–Trinajstić information content (AvgIpc) is 3.73. The monoisotopic (exact) mass is 536 g/mol. The second-order valence-corrected chi connectivity index (χ2v) is 11.9. The van der Waals surface area contributed by atoms with Gasteiger partial charge < -0.3 is 10.2 Å². The third-order valence-electron chi connectivity index (χ3n) is 6.90. The molecular formula is C22H23ClF2N8S2. The van der Waals surface area contributed by atoms with Gasteiger partial charge in [0.05, 0.1) is 17.8 Å². The van der Waals surface area contributed by atoms with E-state index in [-0.39, 0.29) is 17.2 Å². The number of imidazole rings is 1. The topological polar surface area (TPSA) is 94.2 Å². The normalized spacial score (nSPS) is 22.5. The van der Waals surface area contributed by atoms with E-state index in [2.05, 4.69) is 38.2 Å². The number of halogens is 3. The van der Waals surface area contributed by atoms with Crippen molar-refractivity contribution in [3.63, 3.8) is 0 Å². The number of rotatable bonds is 7. The van der Waals surface area contributed by atoms with Crippen LogP contribution < -0.4 is 14.9 Å². The number of anilines is 1. The number of pyridine rings is 1. The van der Waals surface area contributed by atoms with E-state index in [1.807, 2.05) is 21.6 Å². The molecule has 1 unspecified atom stereocenters. The lowest BCUT2D eigenvalue weighted by molar-refractivity contribution is 0.0958. The van der Waals surface area contributed by atoms with Gasteiger partial charge in [-0.1, -0.05) is 22.9 Å². The van der Waals surface area contributed by atoms with E-state index in [1.54, 1.807) is 0 Å². The predicted molar refractivity (Wildman–Crippen MR) is 132 cm³/mol. The maximum atomic E-state index is 13.5. The molecule has 3 aromatic rings. The van der Waals surface area contributed by atoms with Crippen molar-refractivity contribution in [2.45, 2.75) is 60.9 Å². The van der Waals surface area contributed by atoms with Crippen molar-refractivity contribution in [3.05, 3.63) is 22.4 Å². The molecule has 35 heavy (non-hydrogen) atoms. The maximum Gasteiger partial charge on any atom is 0.255 e. The largest absolute Gasteiger partial charge is 0.367 e. The summed E-state index contributed by atoms with van der Waals surface area (Å²) >= 11 is 9.53. The molecule has 184 valence electrons. The van der Waals surface area contributed by atoms with Gasteiger partial charge in [0.1, 0.15) is 15.9 Å². The van der Waals surface area contributed by atoms with Crippen molar-refractivity contribution >= 4 is 46.1 Å². The number of nitrogens with one attached hydrogen (secondary N) is 2. The minimum absolute atomic E-state index is 0.106. The highest BCUT2D eigenvalue weighted by Gasteiger charge is 2.48. The van der Waals surface area contributed by atoms with E-state index >= 15 is 0 Å². The summed E-state index contributed by atoms with van der Waals surface area (Å²) in [4.78, 5) is 7.47. The van der Waals surface area contributed by atoms with Crippen LogP contribution in [0.2, 0.25) is 5.15 Å². The number of hydrogen-bond acceptors (Lipinski definition) is 9. The number of nitriles is 1. The molecule has 2 aliphatic carbocycles. The first-order valence-electron chi connectivity index (χ1n) is 11.5. The SMILES string of the molecule is CC1(NSc2cc(N3CCNC(C(F)F)C3)c3c(Cl)nc(-c4nnc(C5(C#N)CC5)s4)n3c2)CC1. The Labute approximate surface area is 214 Å². The number of alkyl halides is 2. The lowest BCUT2D eigenvalue weighted by Crippen LogP contribution is -2.54. The van der Waals surface area contributed by atoms with Crippen molar-refractivity contribution in [3.8, 4) is 16.9 Å². The Kier molecular flexibility index (Phi) is 5.69. The smallest absolute Gasteiger partial charge is 0.255 e. The first kappa shape index (κ1) is 23.4. The molecule has 3 fully saturated rings. The van der Waals surface area contributed by atoms with Gasteiger partial charge in [-0.2, -0.15) is 5.26 Å². The van der Waals surface area contributed by atoms with Gasteiger partial charge in [-0.3, -0.25) is 9.12 Å². The summed E-state index contributed by atoms with van der Waals surface area (Å²) in [6.07, 6.45) is 3.27. The quantitative estimate of drug-likeness (QED) is 0.433. The molecule has 4 heterocycles. The van der Waals surface area contributed by atoms with Crippen LogP contribution in [0.25, 0.3) is 16.3 Å². The summed E-state index contributed by atoms with van der Waals surface area (Å²) < 4.78 is 32.4. The fourth-order valence-corrected chi connectivity index (χ4v) is 6.41. The van der Waals surface area contributed by atoms with Crippen LogP contribution in [0.5, 0.6) is 0 Å². The molecule has 13 heteroatoms. The Morgan fingerprint density at radius 1 is 1.34 bits per heavy atom. The first-order chi connectivity index (χ1) is 16.8. The van der Waals surface area contributed by atoms with Crippen LogP contribution in [0.15, 0.2) is 17.2 Å². The average molecular weight is 537 g/mol. The van der Waals surface area contributed by atoms with Gasteiger partial charge >= 0.3 is 0 Å². The molecular weight excluding hydrogens is 514 g/mol. The third-order valence-corrected chi connectivity index (χ3v) is 9.34. The van der Waals surface area contributed by atoms with Crippen LogP contribution >= 0.6 is 34.9 Å². The van der Waals surface area contributed by atoms with Gasteiger partial charge in [0.25, 0.3) is 6.43 Å². The van der Waals surface area contributed by atoms with Crippen molar-refractivity contribution in [2.75, 3.05) is 24.5 Å². The van der Waals surface area contributed by atoms with E-state index in [1.165, 1.54) is 23.3 Å². The van der Waals surface area contributed by atoms with E-state index < -0.39 is 17.9 Å². The van der Waals surface area contributed by atoms with Crippen molar-refractivity contribution in [1.82, 2.24) is 29.6 Å². The molecule has 8 nitrogen and oxygen atoms in total. The van der Waals surface area contributed by atoms with Crippen LogP contribution in [-0.2, 0) is 5.41 Å². The highest BCUT2D eigenvalue weighted by Crippen LogP contribution is 2.49. The number of piperazine rings is 1. The Bertz CT molecular complexity index is 1330. The summed E-state index contributed by atoms with van der Waals surface area (Å²) in [6.45, 7) is 3.36. The summed E-state index contributed by atoms with van der Waals surface area (Å²) in [6, 6.07) is 3.43. The molecule has 2 N–H and O–H groups in total. The minimum Gasteiger partial charge on any atom is -0.367 e. The molecule has 0 aromatic carbocycles. The van der Waals surface area contributed by atoms with Crippen LogP contribution in [0, 0.1) is 11.3 Å². The van der Waals surface area contributed by atoms with Crippen LogP contribution in [-0.4, -0.2) is 57.2 Å². The highest BCUT2D eigenvalue weighted by molar-refractivity contribution is 7.97. The van der Waals surface area contributed by atoms with Crippen LogP contribution in [0.3, 0.4) is 0 Å². The molecule has 0 amide bonds. The van der Waals surface area contributed by atoms with E-state index in [0.717, 1.165) is 36.3 Å². The zero-order valence-corrected chi connectivity index (χ0v) is 21.3. The second kappa shape index (κ2) is 8.52. The summed E-state index contributed by atoms with van der Waals surface area (Å²) in [5.41, 5.74) is 0.980. The molecule has 0 bridgehead atoms. The van der Waals surface area contributed by atoms with Gasteiger partial charge in [0.15, 0.2) is 16.0 Å². The summed E-state index contributed by atoms with van der Waals surface area (Å²) in [7, 11) is 0. The Balaban J connectivity index is 1.44. The predicted octanol–water partition coefficient (Wildman–Crippen LogP) is 4.25. The number of nitrogens with zero attached hydrogens (tertiary/aromatic N) is 6. The third kappa shape index (κ3) is 4.27. The second-order valence-electron chi connectivity index (χ2n) is 9.72. The summed E-state index contributed by atoms with van der Waals surface area (Å²) in [5.74, 6) is 0.532. The minimum atomic E-state index is -2.46. The molecule has 2 saturated carbocycles. The molecule has 3 aliphatic rings. The Morgan fingerprint density at radius 2 is 2.14 bits per heavy atom. The number of hydrogen-bond donors (Lipinski definition) is 2. The van der Waals surface area contributed by atoms with E-state index in [9.17, 15) is 14.0 Å². The maximum absolute atomic E-state index is 13.5. The van der Waals surface area contributed by atoms with Gasteiger partial charge in [-0.25, -0.2) is 13.8 Å². The van der Waals surface area contributed by atoms with Crippen molar-refractivity contribution < 1.29 is 8.78 Å². The standard InChI is InChI=1S/C22H23ClF2N8S2/c1-21(2-3-21)31-35-12-8-14(32-7-6-27-13(10-32)17(24)25)15-16(23)28-18(33(15)9-12)19-29-30-20(34-19)22(11-26)4-5-22/h8-9,13,17,27,31H,2-7,10H2,1H3. The molecule has 3 aromatic heterocycles.